The second kappa shape index (κ2) is 9.07. The zero-order chi connectivity index (χ0) is 20.0. The van der Waals surface area contributed by atoms with Gasteiger partial charge in [0.2, 0.25) is 10.0 Å². The van der Waals surface area contributed by atoms with Gasteiger partial charge in [-0.1, -0.05) is 30.3 Å². The smallest absolute Gasteiger partial charge is 0.255 e. The molecule has 150 valence electrons. The summed E-state index contributed by atoms with van der Waals surface area (Å²) in [6.45, 7) is 2.24. The number of piperazine rings is 1. The number of nitrogens with zero attached hydrogens (tertiary/aromatic N) is 2. The Kier molecular flexibility index (Phi) is 6.53. The minimum atomic E-state index is -3.42. The van der Waals surface area contributed by atoms with Crippen molar-refractivity contribution in [2.75, 3.05) is 50.5 Å². The lowest BCUT2D eigenvalue weighted by molar-refractivity contribution is 0.0953. The highest BCUT2D eigenvalue weighted by molar-refractivity contribution is 7.89. The molecule has 1 aliphatic heterocycles. The molecule has 0 unspecified atom stereocenters. The summed E-state index contributed by atoms with van der Waals surface area (Å²) in [5.74, 6) is -0.0133. The highest BCUT2D eigenvalue weighted by Crippen LogP contribution is 2.18. The first kappa shape index (κ1) is 20.2. The molecule has 28 heavy (non-hydrogen) atoms. The van der Waals surface area contributed by atoms with Crippen molar-refractivity contribution in [3.05, 3.63) is 60.2 Å². The van der Waals surface area contributed by atoms with Crippen molar-refractivity contribution in [3.8, 4) is 5.75 Å². The minimum Gasteiger partial charge on any atom is -0.496 e. The second-order valence-corrected chi connectivity index (χ2v) is 8.58. The van der Waals surface area contributed by atoms with Crippen LogP contribution in [0.15, 0.2) is 54.6 Å². The van der Waals surface area contributed by atoms with E-state index in [0.717, 1.165) is 5.69 Å². The van der Waals surface area contributed by atoms with Gasteiger partial charge in [0.05, 0.1) is 18.4 Å². The van der Waals surface area contributed by atoms with Crippen LogP contribution in [0.25, 0.3) is 0 Å². The molecule has 1 fully saturated rings. The molecule has 3 rings (SSSR count). The summed E-state index contributed by atoms with van der Waals surface area (Å²) in [4.78, 5) is 14.5. The van der Waals surface area contributed by atoms with Gasteiger partial charge in [0.25, 0.3) is 5.91 Å². The summed E-state index contributed by atoms with van der Waals surface area (Å²) in [7, 11) is -1.93. The Balaban J connectivity index is 1.50. The Bertz CT molecular complexity index is 895. The predicted molar refractivity (Wildman–Crippen MR) is 109 cm³/mol. The number of para-hydroxylation sites is 2. The number of rotatable bonds is 7. The molecule has 0 radical (unpaired) electrons. The van der Waals surface area contributed by atoms with Gasteiger partial charge >= 0.3 is 0 Å². The van der Waals surface area contributed by atoms with Crippen molar-refractivity contribution >= 4 is 21.6 Å². The quantitative estimate of drug-likeness (QED) is 0.759. The first-order valence-corrected chi connectivity index (χ1v) is 10.8. The van der Waals surface area contributed by atoms with Crippen LogP contribution in [0.3, 0.4) is 0 Å². The molecule has 1 saturated heterocycles. The normalized spacial score (nSPS) is 15.2. The molecule has 0 bridgehead atoms. The summed E-state index contributed by atoms with van der Waals surface area (Å²) in [6.07, 6.45) is 0. The molecular formula is C20H25N3O4S. The summed E-state index contributed by atoms with van der Waals surface area (Å²) < 4.78 is 31.9. The number of methoxy groups -OCH3 is 1. The molecule has 0 aliphatic carbocycles. The molecule has 2 aromatic rings. The monoisotopic (exact) mass is 403 g/mol. The number of hydrogen-bond donors (Lipinski definition) is 1. The number of nitrogens with one attached hydrogen (secondary N) is 1. The molecule has 0 atom stereocenters. The number of anilines is 1. The zero-order valence-electron chi connectivity index (χ0n) is 15.9. The maximum Gasteiger partial charge on any atom is 0.255 e. The Hall–Kier alpha value is -2.58. The van der Waals surface area contributed by atoms with Gasteiger partial charge in [0.15, 0.2) is 0 Å². The van der Waals surface area contributed by atoms with E-state index >= 15 is 0 Å². The molecule has 8 heteroatoms. The lowest BCUT2D eigenvalue weighted by atomic mass is 10.2. The van der Waals surface area contributed by atoms with Crippen LogP contribution in [0, 0.1) is 0 Å². The van der Waals surface area contributed by atoms with Crippen molar-refractivity contribution < 1.29 is 17.9 Å². The van der Waals surface area contributed by atoms with Gasteiger partial charge in [0, 0.05) is 38.4 Å². The van der Waals surface area contributed by atoms with Gasteiger partial charge in [-0.3, -0.25) is 4.79 Å². The SMILES string of the molecule is COc1ccccc1C(=O)NCCS(=O)(=O)N1CCN(c2ccccc2)CC1. The van der Waals surface area contributed by atoms with Crippen molar-refractivity contribution in [1.82, 2.24) is 9.62 Å². The Morgan fingerprint density at radius 2 is 1.64 bits per heavy atom. The summed E-state index contributed by atoms with van der Waals surface area (Å²) in [5, 5.41) is 2.67. The van der Waals surface area contributed by atoms with E-state index in [1.165, 1.54) is 11.4 Å². The van der Waals surface area contributed by atoms with E-state index in [-0.39, 0.29) is 18.2 Å². The van der Waals surface area contributed by atoms with Gasteiger partial charge in [-0.15, -0.1) is 0 Å². The number of hydrogen-bond acceptors (Lipinski definition) is 5. The predicted octanol–water partition coefficient (Wildman–Crippen LogP) is 1.58. The lowest BCUT2D eigenvalue weighted by Gasteiger charge is -2.35. The standard InChI is InChI=1S/C20H25N3O4S/c1-27-19-10-6-5-9-18(19)20(24)21-11-16-28(25,26)23-14-12-22(13-15-23)17-7-3-2-4-8-17/h2-10H,11-16H2,1H3,(H,21,24). The van der Waals surface area contributed by atoms with Crippen LogP contribution < -0.4 is 15.0 Å². The van der Waals surface area contributed by atoms with E-state index < -0.39 is 10.0 Å². The molecule has 1 aliphatic rings. The van der Waals surface area contributed by atoms with Gasteiger partial charge < -0.3 is 15.0 Å². The number of carbonyl (C=O) groups excluding carboxylic acids is 1. The fraction of sp³-hybridized carbons (Fsp3) is 0.350. The van der Waals surface area contributed by atoms with Gasteiger partial charge in [-0.25, -0.2) is 8.42 Å². The topological polar surface area (TPSA) is 78.9 Å². The Morgan fingerprint density at radius 1 is 1.00 bits per heavy atom. The van der Waals surface area contributed by atoms with Crippen LogP contribution in [0.4, 0.5) is 5.69 Å². The van der Waals surface area contributed by atoms with Crippen LogP contribution in [-0.4, -0.2) is 64.2 Å². The minimum absolute atomic E-state index is 0.0537. The number of benzene rings is 2. The van der Waals surface area contributed by atoms with Crippen LogP contribution in [0.5, 0.6) is 5.75 Å². The number of amides is 1. The van der Waals surface area contributed by atoms with E-state index in [4.69, 9.17) is 4.74 Å². The third kappa shape index (κ3) is 4.82. The van der Waals surface area contributed by atoms with Crippen LogP contribution in [-0.2, 0) is 10.0 Å². The first-order valence-electron chi connectivity index (χ1n) is 9.20. The van der Waals surface area contributed by atoms with Gasteiger partial charge in [0.1, 0.15) is 5.75 Å². The van der Waals surface area contributed by atoms with Crippen molar-refractivity contribution in [3.63, 3.8) is 0 Å². The third-order valence-corrected chi connectivity index (χ3v) is 6.62. The van der Waals surface area contributed by atoms with Gasteiger partial charge in [-0.05, 0) is 24.3 Å². The number of ether oxygens (including phenoxy) is 1. The lowest BCUT2D eigenvalue weighted by Crippen LogP contribution is -2.50. The van der Waals surface area contributed by atoms with Crippen molar-refractivity contribution in [2.24, 2.45) is 0 Å². The van der Waals surface area contributed by atoms with E-state index in [1.807, 2.05) is 30.3 Å². The molecule has 7 nitrogen and oxygen atoms in total. The van der Waals surface area contributed by atoms with Crippen LogP contribution in [0.2, 0.25) is 0 Å². The Labute approximate surface area is 166 Å². The third-order valence-electron chi connectivity index (χ3n) is 4.75. The molecule has 1 heterocycles. The molecule has 0 aromatic heterocycles. The summed E-state index contributed by atoms with van der Waals surface area (Å²) in [5.41, 5.74) is 1.49. The average Bonchev–Trinajstić information content (AvgIpc) is 2.74. The fourth-order valence-electron chi connectivity index (χ4n) is 3.21. The van der Waals surface area contributed by atoms with Crippen molar-refractivity contribution in [1.29, 1.82) is 0 Å². The second-order valence-electron chi connectivity index (χ2n) is 6.49. The maximum atomic E-state index is 12.6. The fourth-order valence-corrected chi connectivity index (χ4v) is 4.55. The number of carbonyl (C=O) groups is 1. The van der Waals surface area contributed by atoms with Crippen LogP contribution >= 0.6 is 0 Å². The zero-order valence-corrected chi connectivity index (χ0v) is 16.7. The maximum absolute atomic E-state index is 12.6. The molecule has 0 saturated carbocycles. The largest absolute Gasteiger partial charge is 0.496 e. The molecular weight excluding hydrogens is 378 g/mol. The summed E-state index contributed by atoms with van der Waals surface area (Å²) >= 11 is 0. The van der Waals surface area contributed by atoms with E-state index in [2.05, 4.69) is 10.2 Å². The molecule has 1 amide bonds. The van der Waals surface area contributed by atoms with Crippen LogP contribution in [0.1, 0.15) is 10.4 Å². The Morgan fingerprint density at radius 3 is 2.32 bits per heavy atom. The highest BCUT2D eigenvalue weighted by atomic mass is 32.2. The average molecular weight is 404 g/mol. The van der Waals surface area contributed by atoms with E-state index in [0.29, 0.717) is 37.5 Å². The summed E-state index contributed by atoms with van der Waals surface area (Å²) in [6, 6.07) is 16.8. The highest BCUT2D eigenvalue weighted by Gasteiger charge is 2.27. The van der Waals surface area contributed by atoms with Crippen molar-refractivity contribution in [2.45, 2.75) is 0 Å². The first-order chi connectivity index (χ1) is 13.5. The van der Waals surface area contributed by atoms with E-state index in [1.54, 1.807) is 24.3 Å². The number of sulfonamides is 1. The molecule has 0 spiro atoms. The van der Waals surface area contributed by atoms with E-state index in [9.17, 15) is 13.2 Å². The molecule has 1 N–H and O–H groups in total. The van der Waals surface area contributed by atoms with Gasteiger partial charge in [-0.2, -0.15) is 4.31 Å². The molecule has 2 aromatic carbocycles.